The van der Waals surface area contributed by atoms with E-state index in [9.17, 15) is 19.5 Å². The van der Waals surface area contributed by atoms with Crippen molar-refractivity contribution in [2.45, 2.75) is 19.9 Å². The molecule has 20 heavy (non-hydrogen) atoms. The van der Waals surface area contributed by atoms with E-state index in [-0.39, 0.29) is 5.56 Å². The highest BCUT2D eigenvalue weighted by molar-refractivity contribution is 7.99. The van der Waals surface area contributed by atoms with Gasteiger partial charge in [-0.15, -0.1) is 0 Å². The molecule has 0 aromatic carbocycles. The van der Waals surface area contributed by atoms with Crippen molar-refractivity contribution < 1.29 is 14.7 Å². The minimum absolute atomic E-state index is 0.0179. The summed E-state index contributed by atoms with van der Waals surface area (Å²) in [6.07, 6.45) is 0. The number of amides is 1. The molecule has 2 rings (SSSR count). The van der Waals surface area contributed by atoms with Crippen LogP contribution in [-0.4, -0.2) is 56.2 Å². The summed E-state index contributed by atoms with van der Waals surface area (Å²) >= 11 is 1.49. The number of aromatic nitrogens is 2. The predicted octanol–water partition coefficient (Wildman–Crippen LogP) is 0.0289. The summed E-state index contributed by atoms with van der Waals surface area (Å²) in [6.45, 7) is 3.64. The Balaban J connectivity index is 2.42. The highest BCUT2D eigenvalue weighted by atomic mass is 32.2. The Bertz CT molecular complexity index is 613. The first-order chi connectivity index (χ1) is 9.43. The van der Waals surface area contributed by atoms with E-state index in [4.69, 9.17) is 0 Å². The molecule has 8 heteroatoms. The number of thioether (sulfide) groups is 1. The second-order valence-electron chi connectivity index (χ2n) is 4.57. The van der Waals surface area contributed by atoms with E-state index in [0.717, 1.165) is 0 Å². The lowest BCUT2D eigenvalue weighted by Crippen LogP contribution is -2.51. The fourth-order valence-electron chi connectivity index (χ4n) is 2.08. The van der Waals surface area contributed by atoms with Crippen molar-refractivity contribution >= 4 is 23.6 Å². The SMILES string of the molecule is Cc1n[nH]c(=O)c(C(=O)N2CCSCC2C(=O)O)c1C. The van der Waals surface area contributed by atoms with E-state index in [0.29, 0.717) is 29.3 Å². The van der Waals surface area contributed by atoms with Gasteiger partial charge in [0.15, 0.2) is 0 Å². The van der Waals surface area contributed by atoms with Crippen LogP contribution in [0.15, 0.2) is 4.79 Å². The van der Waals surface area contributed by atoms with Gasteiger partial charge in [0.25, 0.3) is 11.5 Å². The molecule has 1 amide bonds. The number of aromatic amines is 1. The van der Waals surface area contributed by atoms with Gasteiger partial charge in [0, 0.05) is 18.1 Å². The highest BCUT2D eigenvalue weighted by Gasteiger charge is 2.34. The monoisotopic (exact) mass is 297 g/mol. The summed E-state index contributed by atoms with van der Waals surface area (Å²) in [5.74, 6) is -0.592. The molecule has 0 aliphatic carbocycles. The molecule has 1 aromatic heterocycles. The molecule has 1 aliphatic rings. The van der Waals surface area contributed by atoms with Gasteiger partial charge in [-0.25, -0.2) is 9.89 Å². The van der Waals surface area contributed by atoms with Crippen LogP contribution in [0, 0.1) is 13.8 Å². The number of aliphatic carboxylic acids is 1. The number of carbonyl (C=O) groups is 2. The molecule has 1 unspecified atom stereocenters. The molecule has 1 aliphatic heterocycles. The molecule has 108 valence electrons. The highest BCUT2D eigenvalue weighted by Crippen LogP contribution is 2.19. The maximum absolute atomic E-state index is 12.5. The molecule has 7 nitrogen and oxygen atoms in total. The molecule has 0 radical (unpaired) electrons. The van der Waals surface area contributed by atoms with Crippen molar-refractivity contribution in [3.8, 4) is 0 Å². The molecule has 2 heterocycles. The largest absolute Gasteiger partial charge is 0.480 e. The summed E-state index contributed by atoms with van der Waals surface area (Å²) in [5, 5.41) is 15.3. The van der Waals surface area contributed by atoms with E-state index in [1.165, 1.54) is 16.7 Å². The average molecular weight is 297 g/mol. The molecule has 0 saturated carbocycles. The van der Waals surface area contributed by atoms with Crippen LogP contribution in [0.2, 0.25) is 0 Å². The molecule has 1 saturated heterocycles. The van der Waals surface area contributed by atoms with Crippen molar-refractivity contribution in [2.24, 2.45) is 0 Å². The summed E-state index contributed by atoms with van der Waals surface area (Å²) in [4.78, 5) is 36.8. The lowest BCUT2D eigenvalue weighted by atomic mass is 10.1. The summed E-state index contributed by atoms with van der Waals surface area (Å²) in [6, 6.07) is -0.895. The van der Waals surface area contributed by atoms with Crippen LogP contribution in [0.4, 0.5) is 0 Å². The van der Waals surface area contributed by atoms with Gasteiger partial charge in [-0.2, -0.15) is 16.9 Å². The summed E-state index contributed by atoms with van der Waals surface area (Å²) in [7, 11) is 0. The Hall–Kier alpha value is -1.83. The number of hydrogen-bond acceptors (Lipinski definition) is 5. The molecule has 1 aromatic rings. The van der Waals surface area contributed by atoms with Gasteiger partial charge >= 0.3 is 5.97 Å². The topological polar surface area (TPSA) is 103 Å². The number of aryl methyl sites for hydroxylation is 1. The zero-order chi connectivity index (χ0) is 14.9. The van der Waals surface area contributed by atoms with Gasteiger partial charge in [0.2, 0.25) is 0 Å². The van der Waals surface area contributed by atoms with Crippen LogP contribution in [0.1, 0.15) is 21.6 Å². The zero-order valence-electron chi connectivity index (χ0n) is 11.2. The van der Waals surface area contributed by atoms with E-state index in [1.54, 1.807) is 13.8 Å². The molecule has 0 spiro atoms. The second kappa shape index (κ2) is 5.66. The van der Waals surface area contributed by atoms with E-state index in [1.807, 2.05) is 0 Å². The first kappa shape index (κ1) is 14.6. The minimum Gasteiger partial charge on any atom is -0.480 e. The predicted molar refractivity (Wildman–Crippen MR) is 74.1 cm³/mol. The van der Waals surface area contributed by atoms with Gasteiger partial charge in [-0.05, 0) is 19.4 Å². The first-order valence-corrected chi connectivity index (χ1v) is 7.26. The Labute approximate surface area is 119 Å². The van der Waals surface area contributed by atoms with Gasteiger partial charge in [0.05, 0.1) is 5.69 Å². The van der Waals surface area contributed by atoms with E-state index in [2.05, 4.69) is 10.2 Å². The Kier molecular flexibility index (Phi) is 4.12. The molecule has 2 N–H and O–H groups in total. The maximum atomic E-state index is 12.5. The Morgan fingerprint density at radius 2 is 2.15 bits per heavy atom. The number of rotatable bonds is 2. The molecule has 1 atom stereocenters. The number of carboxylic acids is 1. The number of carboxylic acid groups (broad SMARTS) is 1. The van der Waals surface area contributed by atoms with Crippen molar-refractivity contribution in [1.82, 2.24) is 15.1 Å². The quantitative estimate of drug-likeness (QED) is 0.798. The van der Waals surface area contributed by atoms with Gasteiger partial charge in [-0.1, -0.05) is 0 Å². The van der Waals surface area contributed by atoms with Crippen molar-refractivity contribution in [3.05, 3.63) is 27.2 Å². The number of nitrogens with zero attached hydrogens (tertiary/aromatic N) is 2. The lowest BCUT2D eigenvalue weighted by Gasteiger charge is -2.32. The first-order valence-electron chi connectivity index (χ1n) is 6.11. The number of carbonyl (C=O) groups excluding carboxylic acids is 1. The third kappa shape index (κ3) is 2.55. The van der Waals surface area contributed by atoms with Gasteiger partial charge in [-0.3, -0.25) is 9.59 Å². The number of nitrogens with one attached hydrogen (secondary N) is 1. The summed E-state index contributed by atoms with van der Waals surface area (Å²) < 4.78 is 0. The minimum atomic E-state index is -1.05. The molecule has 1 fully saturated rings. The van der Waals surface area contributed by atoms with E-state index >= 15 is 0 Å². The third-order valence-electron chi connectivity index (χ3n) is 3.36. The summed E-state index contributed by atoms with van der Waals surface area (Å²) in [5.41, 5.74) is 0.434. The fraction of sp³-hybridized carbons (Fsp3) is 0.500. The normalized spacial score (nSPS) is 18.9. The van der Waals surface area contributed by atoms with Crippen molar-refractivity contribution in [1.29, 1.82) is 0 Å². The average Bonchev–Trinajstić information content (AvgIpc) is 2.43. The standard InChI is InChI=1S/C12H15N3O4S/c1-6-7(2)13-14-10(16)9(6)11(17)15-3-4-20-5-8(15)12(18)19/h8H,3-5H2,1-2H3,(H,14,16)(H,18,19). The molecular formula is C12H15N3O4S. The van der Waals surface area contributed by atoms with Crippen LogP contribution in [-0.2, 0) is 4.79 Å². The number of hydrogen-bond donors (Lipinski definition) is 2. The van der Waals surface area contributed by atoms with Crippen LogP contribution in [0.25, 0.3) is 0 Å². The maximum Gasteiger partial charge on any atom is 0.327 e. The van der Waals surface area contributed by atoms with E-state index < -0.39 is 23.5 Å². The second-order valence-corrected chi connectivity index (χ2v) is 5.72. The molecular weight excluding hydrogens is 282 g/mol. The van der Waals surface area contributed by atoms with Crippen LogP contribution in [0.5, 0.6) is 0 Å². The van der Waals surface area contributed by atoms with Crippen molar-refractivity contribution in [2.75, 3.05) is 18.1 Å². The zero-order valence-corrected chi connectivity index (χ0v) is 12.0. The van der Waals surface area contributed by atoms with Crippen LogP contribution < -0.4 is 5.56 Å². The number of H-pyrrole nitrogens is 1. The Morgan fingerprint density at radius 3 is 2.80 bits per heavy atom. The van der Waals surface area contributed by atoms with Gasteiger partial charge in [0.1, 0.15) is 11.6 Å². The van der Waals surface area contributed by atoms with Crippen molar-refractivity contribution in [3.63, 3.8) is 0 Å². The molecule has 0 bridgehead atoms. The third-order valence-corrected chi connectivity index (χ3v) is 4.38. The lowest BCUT2D eigenvalue weighted by molar-refractivity contribution is -0.141. The Morgan fingerprint density at radius 1 is 1.45 bits per heavy atom. The van der Waals surface area contributed by atoms with Crippen LogP contribution >= 0.6 is 11.8 Å². The fourth-order valence-corrected chi connectivity index (χ4v) is 3.12. The van der Waals surface area contributed by atoms with Crippen LogP contribution in [0.3, 0.4) is 0 Å². The smallest absolute Gasteiger partial charge is 0.327 e. The van der Waals surface area contributed by atoms with Gasteiger partial charge < -0.3 is 10.0 Å².